The van der Waals surface area contributed by atoms with Gasteiger partial charge >= 0.3 is 0 Å². The van der Waals surface area contributed by atoms with Crippen LogP contribution in [0.1, 0.15) is 22.3 Å². The molecule has 9 aromatic rings. The molecule has 0 N–H and O–H groups in total. The lowest BCUT2D eigenvalue weighted by molar-refractivity contribution is 0.766. The summed E-state index contributed by atoms with van der Waals surface area (Å²) in [4.78, 5) is 9.91. The second kappa shape index (κ2) is 13.7. The van der Waals surface area contributed by atoms with Gasteiger partial charge in [-0.15, -0.1) is 0 Å². The van der Waals surface area contributed by atoms with E-state index in [0.29, 0.717) is 0 Å². The van der Waals surface area contributed by atoms with Crippen molar-refractivity contribution in [3.05, 3.63) is 241 Å². The van der Waals surface area contributed by atoms with Gasteiger partial charge in [0.2, 0.25) is 0 Å². The molecule has 2 heterocycles. The van der Waals surface area contributed by atoms with E-state index in [1.54, 1.807) is 0 Å². The zero-order valence-electron chi connectivity index (χ0n) is 30.2. The van der Waals surface area contributed by atoms with Crippen LogP contribution in [0.15, 0.2) is 219 Å². The molecule has 2 heteroatoms. The van der Waals surface area contributed by atoms with Crippen LogP contribution < -0.4 is 0 Å². The van der Waals surface area contributed by atoms with Gasteiger partial charge in [-0.25, -0.2) is 4.98 Å². The molecule has 2 aromatic heterocycles. The van der Waals surface area contributed by atoms with Crippen LogP contribution >= 0.6 is 0 Å². The first-order valence-corrected chi connectivity index (χ1v) is 18.8. The minimum absolute atomic E-state index is 0.527. The molecule has 0 saturated carbocycles. The average Bonchev–Trinajstić information content (AvgIpc) is 3.58. The Labute approximate surface area is 322 Å². The summed E-state index contributed by atoms with van der Waals surface area (Å²) in [5.41, 5.74) is 17.9. The molecule has 2 nitrogen and oxygen atoms in total. The molecule has 55 heavy (non-hydrogen) atoms. The standard InChI is InChI=1S/C53H36N2/c1-4-14-37(15-5-1)39-18-12-20-41(32-39)44-35-51(42-21-13-19-40(33-42)38-16-6-2-7-17-38)55-52(36-44)43-26-27-48-47-24-10-11-25-49(47)53(50(48)34-43,45-22-8-3-9-23-45)46-28-30-54-31-29-46/h1-36H. The summed E-state index contributed by atoms with van der Waals surface area (Å²) in [5.74, 6) is 0. The van der Waals surface area contributed by atoms with Crippen LogP contribution in [0.25, 0.3) is 67.0 Å². The van der Waals surface area contributed by atoms with Crippen LogP contribution in [0.4, 0.5) is 0 Å². The molecule has 0 spiro atoms. The number of benzene rings is 7. The molecule has 0 fully saturated rings. The van der Waals surface area contributed by atoms with Crippen molar-refractivity contribution in [2.24, 2.45) is 0 Å². The summed E-state index contributed by atoms with van der Waals surface area (Å²) in [6.07, 6.45) is 3.82. The first kappa shape index (κ1) is 32.5. The predicted molar refractivity (Wildman–Crippen MR) is 227 cm³/mol. The summed E-state index contributed by atoms with van der Waals surface area (Å²) in [5, 5.41) is 0. The van der Waals surface area contributed by atoms with Gasteiger partial charge in [0.05, 0.1) is 16.8 Å². The predicted octanol–water partition coefficient (Wildman–Crippen LogP) is 13.2. The van der Waals surface area contributed by atoms with E-state index in [1.165, 1.54) is 55.6 Å². The molecule has 1 aliphatic carbocycles. The Morgan fingerprint density at radius 3 is 1.42 bits per heavy atom. The van der Waals surface area contributed by atoms with Crippen molar-refractivity contribution in [3.63, 3.8) is 0 Å². The number of nitrogens with zero attached hydrogens (tertiary/aromatic N) is 2. The molecule has 1 atom stereocenters. The maximum absolute atomic E-state index is 5.47. The van der Waals surface area contributed by atoms with Crippen LogP contribution in [0.3, 0.4) is 0 Å². The number of pyridine rings is 2. The molecule has 7 aromatic carbocycles. The zero-order valence-corrected chi connectivity index (χ0v) is 30.2. The van der Waals surface area contributed by atoms with E-state index >= 15 is 0 Å². The lowest BCUT2D eigenvalue weighted by Crippen LogP contribution is -2.28. The van der Waals surface area contributed by atoms with Gasteiger partial charge in [0, 0.05) is 23.5 Å². The van der Waals surface area contributed by atoms with E-state index in [2.05, 4.69) is 211 Å². The molecule has 0 bridgehead atoms. The fraction of sp³-hybridized carbons (Fsp3) is 0.0189. The molecule has 1 unspecified atom stereocenters. The Hall–Kier alpha value is -7.16. The monoisotopic (exact) mass is 700 g/mol. The van der Waals surface area contributed by atoms with Crippen LogP contribution in [-0.2, 0) is 5.41 Å². The molecule has 0 aliphatic heterocycles. The summed E-state index contributed by atoms with van der Waals surface area (Å²) >= 11 is 0. The number of rotatable bonds is 7. The molecule has 0 saturated heterocycles. The van der Waals surface area contributed by atoms with E-state index in [4.69, 9.17) is 4.98 Å². The smallest absolute Gasteiger partial charge is 0.0715 e. The summed E-state index contributed by atoms with van der Waals surface area (Å²) < 4.78 is 0. The van der Waals surface area contributed by atoms with Gasteiger partial charge in [-0.1, -0.05) is 164 Å². The van der Waals surface area contributed by atoms with E-state index in [-0.39, 0.29) is 0 Å². The normalized spacial score (nSPS) is 14.3. The van der Waals surface area contributed by atoms with Crippen molar-refractivity contribution >= 4 is 0 Å². The molecule has 0 radical (unpaired) electrons. The molecule has 258 valence electrons. The number of hydrogen-bond donors (Lipinski definition) is 0. The Kier molecular flexibility index (Phi) is 8.08. The lowest BCUT2D eigenvalue weighted by Gasteiger charge is -2.33. The third-order valence-corrected chi connectivity index (χ3v) is 11.1. The second-order valence-electron chi connectivity index (χ2n) is 14.2. The molecule has 0 amide bonds. The summed E-state index contributed by atoms with van der Waals surface area (Å²) in [7, 11) is 0. The third-order valence-electron chi connectivity index (χ3n) is 11.1. The largest absolute Gasteiger partial charge is 0.265 e. The van der Waals surface area contributed by atoms with Crippen LogP contribution in [0, 0.1) is 0 Å². The second-order valence-corrected chi connectivity index (χ2v) is 14.2. The fourth-order valence-corrected chi connectivity index (χ4v) is 8.51. The molecular weight excluding hydrogens is 665 g/mol. The highest BCUT2D eigenvalue weighted by atomic mass is 14.7. The maximum atomic E-state index is 5.47. The topological polar surface area (TPSA) is 25.8 Å². The third kappa shape index (κ3) is 5.67. The van der Waals surface area contributed by atoms with Crippen LogP contribution in [0.2, 0.25) is 0 Å². The van der Waals surface area contributed by atoms with Crippen molar-refractivity contribution in [3.8, 4) is 67.0 Å². The van der Waals surface area contributed by atoms with Crippen molar-refractivity contribution < 1.29 is 0 Å². The van der Waals surface area contributed by atoms with Crippen molar-refractivity contribution in [1.29, 1.82) is 0 Å². The quantitative estimate of drug-likeness (QED) is 0.165. The highest BCUT2D eigenvalue weighted by Crippen LogP contribution is 2.56. The first-order chi connectivity index (χ1) is 27.3. The molecule has 10 rings (SSSR count). The van der Waals surface area contributed by atoms with E-state index in [0.717, 1.165) is 33.6 Å². The van der Waals surface area contributed by atoms with Crippen molar-refractivity contribution in [2.75, 3.05) is 0 Å². The van der Waals surface area contributed by atoms with Gasteiger partial charge in [-0.3, -0.25) is 4.98 Å². The van der Waals surface area contributed by atoms with Gasteiger partial charge in [0.15, 0.2) is 0 Å². The number of hydrogen-bond acceptors (Lipinski definition) is 2. The first-order valence-electron chi connectivity index (χ1n) is 18.8. The molecular formula is C53H36N2. The van der Waals surface area contributed by atoms with E-state index in [1.807, 2.05) is 12.4 Å². The van der Waals surface area contributed by atoms with Gasteiger partial charge in [-0.2, -0.15) is 0 Å². The van der Waals surface area contributed by atoms with Crippen LogP contribution in [-0.4, -0.2) is 9.97 Å². The number of fused-ring (bicyclic) bond motifs is 3. The Morgan fingerprint density at radius 2 is 0.764 bits per heavy atom. The zero-order chi connectivity index (χ0) is 36.6. The Balaban J connectivity index is 1.20. The van der Waals surface area contributed by atoms with E-state index in [9.17, 15) is 0 Å². The fourth-order valence-electron chi connectivity index (χ4n) is 8.51. The minimum atomic E-state index is -0.527. The van der Waals surface area contributed by atoms with Crippen molar-refractivity contribution in [2.45, 2.75) is 5.41 Å². The van der Waals surface area contributed by atoms with Gasteiger partial charge in [0.25, 0.3) is 0 Å². The minimum Gasteiger partial charge on any atom is -0.265 e. The van der Waals surface area contributed by atoms with Gasteiger partial charge < -0.3 is 0 Å². The van der Waals surface area contributed by atoms with Crippen molar-refractivity contribution in [1.82, 2.24) is 9.97 Å². The van der Waals surface area contributed by atoms with Gasteiger partial charge in [0.1, 0.15) is 0 Å². The maximum Gasteiger partial charge on any atom is 0.0715 e. The van der Waals surface area contributed by atoms with Gasteiger partial charge in [-0.05, 0) is 109 Å². The average molecular weight is 701 g/mol. The Bertz CT molecular complexity index is 2650. The Morgan fingerprint density at radius 1 is 0.291 bits per heavy atom. The van der Waals surface area contributed by atoms with Crippen LogP contribution in [0.5, 0.6) is 0 Å². The summed E-state index contributed by atoms with van der Waals surface area (Å²) in [6, 6.07) is 74.3. The highest BCUT2D eigenvalue weighted by Gasteiger charge is 2.46. The molecule has 1 aliphatic rings. The highest BCUT2D eigenvalue weighted by molar-refractivity contribution is 5.89. The SMILES string of the molecule is c1ccc(-c2cccc(-c3cc(-c4cccc(-c5ccccc5)c4)nc(-c4ccc5c(c4)C(c4ccccc4)(c4ccncc4)c4ccccc4-5)c3)c2)cc1. The van der Waals surface area contributed by atoms with E-state index < -0.39 is 5.41 Å². The summed E-state index contributed by atoms with van der Waals surface area (Å²) in [6.45, 7) is 0. The number of aromatic nitrogens is 2. The lowest BCUT2D eigenvalue weighted by atomic mass is 9.67.